The first kappa shape index (κ1) is 25.3. The predicted octanol–water partition coefficient (Wildman–Crippen LogP) is 5.76. The summed E-state index contributed by atoms with van der Waals surface area (Å²) in [6, 6.07) is 20.5. The molecule has 8 nitrogen and oxygen atoms in total. The third-order valence-electron chi connectivity index (χ3n) is 5.33. The average molecular weight is 526 g/mol. The Morgan fingerprint density at radius 1 is 1.08 bits per heavy atom. The van der Waals surface area contributed by atoms with Gasteiger partial charge < -0.3 is 5.32 Å². The maximum absolute atomic E-state index is 13.3. The number of halogens is 2. The Labute approximate surface area is 215 Å². The third-order valence-corrected chi connectivity index (χ3v) is 6.78. The minimum Gasteiger partial charge on any atom is -0.345 e. The largest absolute Gasteiger partial charge is 0.345 e. The molecule has 3 aromatic carbocycles. The van der Waals surface area contributed by atoms with Crippen molar-refractivity contribution in [3.63, 3.8) is 0 Å². The zero-order valence-electron chi connectivity index (χ0n) is 19.0. The van der Waals surface area contributed by atoms with Crippen LogP contribution in [-0.4, -0.2) is 25.6 Å². The zero-order chi connectivity index (χ0) is 25.7. The van der Waals surface area contributed by atoms with E-state index in [0.717, 1.165) is 5.56 Å². The first-order chi connectivity index (χ1) is 17.3. The molecule has 4 rings (SSSR count). The van der Waals surface area contributed by atoms with Crippen molar-refractivity contribution in [2.24, 2.45) is 0 Å². The second-order valence-corrected chi connectivity index (χ2v) is 9.25. The van der Waals surface area contributed by atoms with Gasteiger partial charge in [0.25, 0.3) is 5.69 Å². The lowest BCUT2D eigenvalue weighted by Crippen LogP contribution is -2.31. The van der Waals surface area contributed by atoms with E-state index in [1.807, 2.05) is 6.07 Å². The zero-order valence-corrected chi connectivity index (χ0v) is 20.6. The summed E-state index contributed by atoms with van der Waals surface area (Å²) in [6.45, 7) is 1.76. The highest BCUT2D eigenvalue weighted by atomic mass is 35.5. The van der Waals surface area contributed by atoms with Gasteiger partial charge in [-0.05, 0) is 42.3 Å². The molecule has 0 aliphatic rings. The number of carbonyl (C=O) groups is 1. The van der Waals surface area contributed by atoms with Gasteiger partial charge in [-0.2, -0.15) is 0 Å². The van der Waals surface area contributed by atoms with Crippen molar-refractivity contribution in [3.05, 3.63) is 112 Å². The van der Waals surface area contributed by atoms with Crippen LogP contribution in [0.4, 0.5) is 10.1 Å². The van der Waals surface area contributed by atoms with Crippen molar-refractivity contribution in [2.75, 3.05) is 0 Å². The smallest absolute Gasteiger partial charge is 0.269 e. The molecule has 4 aromatic rings. The van der Waals surface area contributed by atoms with E-state index in [0.29, 0.717) is 28.0 Å². The highest BCUT2D eigenvalue weighted by molar-refractivity contribution is 7.98. The monoisotopic (exact) mass is 525 g/mol. The lowest BCUT2D eigenvalue weighted by molar-refractivity contribution is -0.384. The van der Waals surface area contributed by atoms with E-state index < -0.39 is 22.2 Å². The molecule has 0 saturated heterocycles. The van der Waals surface area contributed by atoms with E-state index in [-0.39, 0.29) is 11.5 Å². The van der Waals surface area contributed by atoms with Crippen LogP contribution in [0, 0.1) is 15.9 Å². The number of nitrogens with one attached hydrogen (secondary N) is 1. The van der Waals surface area contributed by atoms with Crippen LogP contribution in [0.5, 0.6) is 0 Å². The van der Waals surface area contributed by atoms with E-state index in [1.54, 1.807) is 60.0 Å². The Morgan fingerprint density at radius 3 is 2.39 bits per heavy atom. The van der Waals surface area contributed by atoms with Gasteiger partial charge in [0.1, 0.15) is 11.2 Å². The fraction of sp³-hybridized carbons (Fsp3) is 0.160. The van der Waals surface area contributed by atoms with Crippen LogP contribution in [0.25, 0.3) is 5.69 Å². The van der Waals surface area contributed by atoms with Gasteiger partial charge in [-0.15, -0.1) is 21.8 Å². The number of amides is 1. The fourth-order valence-corrected chi connectivity index (χ4v) is 4.60. The van der Waals surface area contributed by atoms with Crippen molar-refractivity contribution in [1.82, 2.24) is 20.1 Å². The molecule has 0 aliphatic heterocycles. The Hall–Kier alpha value is -3.76. The summed E-state index contributed by atoms with van der Waals surface area (Å²) < 4.78 is 15.0. The number of benzene rings is 3. The van der Waals surface area contributed by atoms with Crippen molar-refractivity contribution in [3.8, 4) is 5.69 Å². The maximum Gasteiger partial charge on any atom is 0.269 e. The van der Waals surface area contributed by atoms with Crippen molar-refractivity contribution in [1.29, 1.82) is 0 Å². The summed E-state index contributed by atoms with van der Waals surface area (Å²) in [7, 11) is 0. The van der Waals surface area contributed by atoms with Gasteiger partial charge in [-0.3, -0.25) is 19.5 Å². The summed E-state index contributed by atoms with van der Waals surface area (Å²) in [5, 5.41) is 22.2. The van der Waals surface area contributed by atoms with E-state index >= 15 is 0 Å². The number of nitrogens with zero attached hydrogens (tertiary/aromatic N) is 4. The van der Waals surface area contributed by atoms with Gasteiger partial charge in [-0.1, -0.05) is 54.2 Å². The lowest BCUT2D eigenvalue weighted by Gasteiger charge is -2.18. The highest BCUT2D eigenvalue weighted by Gasteiger charge is 2.25. The molecule has 0 aliphatic carbocycles. The number of rotatable bonds is 9. The van der Waals surface area contributed by atoms with Crippen LogP contribution in [-0.2, 0) is 10.5 Å². The van der Waals surface area contributed by atoms with Crippen molar-refractivity contribution >= 4 is 35.0 Å². The summed E-state index contributed by atoms with van der Waals surface area (Å²) in [4.78, 5) is 23.5. The molecule has 0 saturated carbocycles. The van der Waals surface area contributed by atoms with E-state index in [2.05, 4.69) is 15.5 Å². The Morgan fingerprint density at radius 2 is 1.75 bits per heavy atom. The molecule has 0 bridgehead atoms. The Kier molecular flexibility index (Phi) is 7.97. The van der Waals surface area contributed by atoms with Crippen LogP contribution >= 0.6 is 23.4 Å². The van der Waals surface area contributed by atoms with Gasteiger partial charge >= 0.3 is 0 Å². The number of nitro benzene ring substituents is 1. The maximum atomic E-state index is 13.3. The second-order valence-electron chi connectivity index (χ2n) is 7.87. The molecule has 184 valence electrons. The number of hydrogen-bond acceptors (Lipinski definition) is 6. The standard InChI is InChI=1S/C25H21ClFN5O3S/c1-16(28-24(33)22(26)18-5-3-2-4-6-18)23-29-30-25(36-15-17-7-9-19(27)10-8-17)31(23)20-11-13-21(14-12-20)32(34)35/h2-14,16,22H,15H2,1H3,(H,28,33). The molecule has 2 unspecified atom stereocenters. The van der Waals surface area contributed by atoms with Crippen LogP contribution in [0.2, 0.25) is 0 Å². The van der Waals surface area contributed by atoms with E-state index in [1.165, 1.54) is 36.0 Å². The fourth-order valence-electron chi connectivity index (χ4n) is 3.47. The molecule has 2 atom stereocenters. The van der Waals surface area contributed by atoms with E-state index in [4.69, 9.17) is 11.6 Å². The lowest BCUT2D eigenvalue weighted by atomic mass is 10.1. The first-order valence-electron chi connectivity index (χ1n) is 10.9. The molecule has 1 amide bonds. The number of hydrogen-bond donors (Lipinski definition) is 1. The van der Waals surface area contributed by atoms with Crippen LogP contribution in [0.3, 0.4) is 0 Å². The van der Waals surface area contributed by atoms with Crippen molar-refractivity contribution in [2.45, 2.75) is 29.3 Å². The first-order valence-corrected chi connectivity index (χ1v) is 12.3. The molecular formula is C25H21ClFN5O3S. The summed E-state index contributed by atoms with van der Waals surface area (Å²) in [6.07, 6.45) is 0. The molecule has 0 radical (unpaired) electrons. The van der Waals surface area contributed by atoms with Crippen LogP contribution in [0.1, 0.15) is 35.3 Å². The molecular weight excluding hydrogens is 505 g/mol. The third kappa shape index (κ3) is 5.89. The number of non-ortho nitro benzene ring substituents is 1. The summed E-state index contributed by atoms with van der Waals surface area (Å²) in [5.41, 5.74) is 2.09. The molecule has 1 heterocycles. The molecule has 1 aromatic heterocycles. The quantitative estimate of drug-likeness (QED) is 0.129. The second kappa shape index (κ2) is 11.3. The van der Waals surface area contributed by atoms with E-state index in [9.17, 15) is 19.3 Å². The number of carbonyl (C=O) groups excluding carboxylic acids is 1. The number of thioether (sulfide) groups is 1. The van der Waals surface area contributed by atoms with Gasteiger partial charge in [0, 0.05) is 23.6 Å². The van der Waals surface area contributed by atoms with Gasteiger partial charge in [-0.25, -0.2) is 4.39 Å². The molecule has 1 N–H and O–H groups in total. The predicted molar refractivity (Wildman–Crippen MR) is 136 cm³/mol. The SMILES string of the molecule is CC(NC(=O)C(Cl)c1ccccc1)c1nnc(SCc2ccc(F)cc2)n1-c1ccc([N+](=O)[O-])cc1. The highest BCUT2D eigenvalue weighted by Crippen LogP contribution is 2.29. The Balaban J connectivity index is 1.61. The van der Waals surface area contributed by atoms with Gasteiger partial charge in [0.05, 0.1) is 11.0 Å². The summed E-state index contributed by atoms with van der Waals surface area (Å²) >= 11 is 7.74. The molecule has 0 spiro atoms. The molecule has 36 heavy (non-hydrogen) atoms. The van der Waals surface area contributed by atoms with Crippen LogP contribution in [0.15, 0.2) is 84.0 Å². The van der Waals surface area contributed by atoms with Gasteiger partial charge in [0.15, 0.2) is 11.0 Å². The number of aromatic nitrogens is 3. The average Bonchev–Trinajstić information content (AvgIpc) is 3.32. The molecule has 0 fully saturated rings. The minimum atomic E-state index is -0.892. The normalized spacial score (nSPS) is 12.6. The van der Waals surface area contributed by atoms with Crippen LogP contribution < -0.4 is 5.32 Å². The molecule has 11 heteroatoms. The van der Waals surface area contributed by atoms with Crippen molar-refractivity contribution < 1.29 is 14.1 Å². The Bertz CT molecular complexity index is 1350. The van der Waals surface area contributed by atoms with Gasteiger partial charge in [0.2, 0.25) is 5.91 Å². The number of alkyl halides is 1. The minimum absolute atomic E-state index is 0.0527. The topological polar surface area (TPSA) is 103 Å². The summed E-state index contributed by atoms with van der Waals surface area (Å²) in [5.74, 6) is 0.201. The number of nitro groups is 1.